The van der Waals surface area contributed by atoms with Crippen molar-refractivity contribution in [3.63, 3.8) is 0 Å². The number of benzene rings is 3. The number of hydrogen-bond acceptors (Lipinski definition) is 4. The van der Waals surface area contributed by atoms with Gasteiger partial charge in [0.1, 0.15) is 0 Å². The number of rotatable bonds is 9. The van der Waals surface area contributed by atoms with E-state index < -0.39 is 6.04 Å². The lowest BCUT2D eigenvalue weighted by molar-refractivity contribution is 0.0682. The van der Waals surface area contributed by atoms with Crippen molar-refractivity contribution >= 4 is 22.7 Å². The monoisotopic (exact) mass is 439 g/mol. The molecule has 3 aromatic carbocycles. The Morgan fingerprint density at radius 2 is 1.39 bits per heavy atom. The van der Waals surface area contributed by atoms with Crippen LogP contribution in [0.1, 0.15) is 53.2 Å². The van der Waals surface area contributed by atoms with Gasteiger partial charge in [-0.05, 0) is 29.7 Å². The number of nitrogens with zero attached hydrogens (tertiary/aromatic N) is 3. The van der Waals surface area contributed by atoms with Gasteiger partial charge in [-0.3, -0.25) is 19.1 Å². The number of fused-ring (bicyclic) bond motifs is 1. The van der Waals surface area contributed by atoms with E-state index in [0.29, 0.717) is 30.5 Å². The highest BCUT2D eigenvalue weighted by atomic mass is 16.2. The highest BCUT2D eigenvalue weighted by Gasteiger charge is 2.30. The van der Waals surface area contributed by atoms with Crippen molar-refractivity contribution in [3.8, 4) is 0 Å². The van der Waals surface area contributed by atoms with Gasteiger partial charge in [-0.2, -0.15) is 0 Å². The van der Waals surface area contributed by atoms with Gasteiger partial charge in [-0.15, -0.1) is 0 Å². The Morgan fingerprint density at radius 1 is 0.848 bits per heavy atom. The maximum atomic E-state index is 14.1. The molecule has 0 aliphatic heterocycles. The van der Waals surface area contributed by atoms with Crippen molar-refractivity contribution in [2.24, 2.45) is 0 Å². The fraction of sp³-hybridized carbons (Fsp3) is 0.250. The van der Waals surface area contributed by atoms with Crippen LogP contribution in [0.5, 0.6) is 0 Å². The summed E-state index contributed by atoms with van der Waals surface area (Å²) in [6, 6.07) is 27.4. The molecule has 0 bridgehead atoms. The standard InChI is InChI=1S/C28H29N3O2/c1-3-12-26(28(33)31-25-18-11-10-17-24(25)29-27(31)21(2)32)30(19-22-13-6-4-7-14-22)20-23-15-8-5-9-16-23/h4-11,13-18,26H,3,12,19-20H2,1-2H3. The Morgan fingerprint density at radius 3 is 1.94 bits per heavy atom. The highest BCUT2D eigenvalue weighted by Crippen LogP contribution is 2.23. The van der Waals surface area contributed by atoms with Crippen LogP contribution >= 0.6 is 0 Å². The van der Waals surface area contributed by atoms with E-state index in [1.54, 1.807) is 0 Å². The lowest BCUT2D eigenvalue weighted by Crippen LogP contribution is -2.43. The largest absolute Gasteiger partial charge is 0.291 e. The minimum atomic E-state index is -0.397. The smallest absolute Gasteiger partial charge is 0.250 e. The van der Waals surface area contributed by atoms with Crippen molar-refractivity contribution in [2.75, 3.05) is 0 Å². The summed E-state index contributed by atoms with van der Waals surface area (Å²) in [5.41, 5.74) is 3.62. The molecule has 5 nitrogen and oxygen atoms in total. The molecule has 0 saturated carbocycles. The number of carbonyl (C=O) groups excluding carboxylic acids is 2. The first-order chi connectivity index (χ1) is 16.1. The molecule has 1 aromatic heterocycles. The number of para-hydroxylation sites is 2. The average Bonchev–Trinajstić information content (AvgIpc) is 3.23. The minimum absolute atomic E-state index is 0.109. The highest BCUT2D eigenvalue weighted by molar-refractivity contribution is 6.02. The average molecular weight is 440 g/mol. The fourth-order valence-electron chi connectivity index (χ4n) is 4.28. The summed E-state index contributed by atoms with van der Waals surface area (Å²) in [6.45, 7) is 4.81. The third kappa shape index (κ3) is 5.10. The van der Waals surface area contributed by atoms with Crippen molar-refractivity contribution < 1.29 is 9.59 Å². The van der Waals surface area contributed by atoms with Crippen LogP contribution in [-0.2, 0) is 13.1 Å². The molecule has 33 heavy (non-hydrogen) atoms. The molecule has 168 valence electrons. The van der Waals surface area contributed by atoms with Crippen molar-refractivity contribution in [3.05, 3.63) is 102 Å². The first-order valence-electron chi connectivity index (χ1n) is 11.4. The second-order valence-electron chi connectivity index (χ2n) is 8.33. The van der Waals surface area contributed by atoms with Crippen LogP contribution in [0.25, 0.3) is 11.0 Å². The Kier molecular flexibility index (Phi) is 7.10. The Balaban J connectivity index is 1.78. The minimum Gasteiger partial charge on any atom is -0.291 e. The van der Waals surface area contributed by atoms with Gasteiger partial charge in [0.25, 0.3) is 0 Å². The zero-order chi connectivity index (χ0) is 23.2. The van der Waals surface area contributed by atoms with Gasteiger partial charge in [0.05, 0.1) is 17.1 Å². The summed E-state index contributed by atoms with van der Waals surface area (Å²) in [7, 11) is 0. The lowest BCUT2D eigenvalue weighted by Gasteiger charge is -2.31. The molecular weight excluding hydrogens is 410 g/mol. The Bertz CT molecular complexity index is 1190. The predicted molar refractivity (Wildman–Crippen MR) is 131 cm³/mol. The number of carbonyl (C=O) groups is 2. The van der Waals surface area contributed by atoms with Crippen LogP contribution in [0.2, 0.25) is 0 Å². The third-order valence-corrected chi connectivity index (χ3v) is 5.84. The van der Waals surface area contributed by atoms with Crippen LogP contribution in [0.3, 0.4) is 0 Å². The molecule has 4 aromatic rings. The van der Waals surface area contributed by atoms with Gasteiger partial charge in [-0.1, -0.05) is 86.1 Å². The molecule has 5 heteroatoms. The Labute approximate surface area is 194 Å². The molecule has 1 unspecified atom stereocenters. The van der Waals surface area contributed by atoms with E-state index in [1.807, 2.05) is 60.7 Å². The maximum Gasteiger partial charge on any atom is 0.250 e. The fourth-order valence-corrected chi connectivity index (χ4v) is 4.28. The molecule has 0 saturated heterocycles. The van der Waals surface area contributed by atoms with E-state index in [9.17, 15) is 9.59 Å². The van der Waals surface area contributed by atoms with Gasteiger partial charge >= 0.3 is 0 Å². The normalized spacial score (nSPS) is 12.2. The van der Waals surface area contributed by atoms with Crippen LogP contribution < -0.4 is 0 Å². The van der Waals surface area contributed by atoms with Gasteiger partial charge < -0.3 is 0 Å². The predicted octanol–water partition coefficient (Wildman–Crippen LogP) is 5.75. The zero-order valence-corrected chi connectivity index (χ0v) is 19.1. The van der Waals surface area contributed by atoms with E-state index in [2.05, 4.69) is 41.1 Å². The van der Waals surface area contributed by atoms with E-state index in [-0.39, 0.29) is 17.5 Å². The SMILES string of the molecule is CCCC(C(=O)n1c(C(C)=O)nc2ccccc21)N(Cc1ccccc1)Cc1ccccc1. The molecule has 0 N–H and O–H groups in total. The molecular formula is C28H29N3O2. The van der Waals surface area contributed by atoms with Crippen LogP contribution in [0, 0.1) is 0 Å². The topological polar surface area (TPSA) is 55.2 Å². The summed E-state index contributed by atoms with van der Waals surface area (Å²) in [5, 5.41) is 0. The molecule has 0 fully saturated rings. The zero-order valence-electron chi connectivity index (χ0n) is 19.1. The second kappa shape index (κ2) is 10.4. The number of imidazole rings is 1. The summed E-state index contributed by atoms with van der Waals surface area (Å²) in [5.74, 6) is -0.128. The summed E-state index contributed by atoms with van der Waals surface area (Å²) >= 11 is 0. The molecule has 0 aliphatic rings. The molecule has 1 atom stereocenters. The van der Waals surface area contributed by atoms with Crippen LogP contribution in [0.15, 0.2) is 84.9 Å². The molecule has 0 radical (unpaired) electrons. The molecule has 0 spiro atoms. The molecule has 4 rings (SSSR count). The third-order valence-electron chi connectivity index (χ3n) is 5.84. The number of hydrogen-bond donors (Lipinski definition) is 0. The molecule has 0 aliphatic carbocycles. The van der Waals surface area contributed by atoms with Crippen LogP contribution in [-0.4, -0.2) is 32.2 Å². The first kappa shape index (κ1) is 22.6. The van der Waals surface area contributed by atoms with Gasteiger partial charge in [0, 0.05) is 20.0 Å². The Hall–Kier alpha value is -3.57. The van der Waals surface area contributed by atoms with E-state index >= 15 is 0 Å². The van der Waals surface area contributed by atoms with Gasteiger partial charge in [-0.25, -0.2) is 4.98 Å². The van der Waals surface area contributed by atoms with Crippen molar-refractivity contribution in [1.29, 1.82) is 0 Å². The van der Waals surface area contributed by atoms with Gasteiger partial charge in [0.15, 0.2) is 11.6 Å². The summed E-state index contributed by atoms with van der Waals surface area (Å²) < 4.78 is 1.53. The van der Waals surface area contributed by atoms with E-state index in [0.717, 1.165) is 17.5 Å². The second-order valence-corrected chi connectivity index (χ2v) is 8.33. The van der Waals surface area contributed by atoms with E-state index in [1.165, 1.54) is 11.5 Å². The number of aromatic nitrogens is 2. The van der Waals surface area contributed by atoms with E-state index in [4.69, 9.17) is 0 Å². The molecule has 1 heterocycles. The number of Topliss-reactive ketones (excluding diaryl/α,β-unsaturated/α-hetero) is 1. The summed E-state index contributed by atoms with van der Waals surface area (Å²) in [4.78, 5) is 33.2. The summed E-state index contributed by atoms with van der Waals surface area (Å²) in [6.07, 6.45) is 1.53. The van der Waals surface area contributed by atoms with Crippen molar-refractivity contribution in [2.45, 2.75) is 45.8 Å². The van der Waals surface area contributed by atoms with Crippen LogP contribution in [0.4, 0.5) is 0 Å². The maximum absolute atomic E-state index is 14.1. The number of ketones is 1. The van der Waals surface area contributed by atoms with Crippen molar-refractivity contribution in [1.82, 2.24) is 14.5 Å². The first-order valence-corrected chi connectivity index (χ1v) is 11.4. The quantitative estimate of drug-likeness (QED) is 0.312. The molecule has 0 amide bonds. The lowest BCUT2D eigenvalue weighted by atomic mass is 10.1. The van der Waals surface area contributed by atoms with Gasteiger partial charge in [0.2, 0.25) is 5.91 Å².